The second-order valence-corrected chi connectivity index (χ2v) is 13.4. The van der Waals surface area contributed by atoms with Gasteiger partial charge < -0.3 is 19.5 Å². The molecule has 4 aromatic rings. The number of hydrogen-bond acceptors (Lipinski definition) is 9. The van der Waals surface area contributed by atoms with E-state index < -0.39 is 40.7 Å². The van der Waals surface area contributed by atoms with E-state index in [9.17, 15) is 14.0 Å². The van der Waals surface area contributed by atoms with Crippen molar-refractivity contribution in [2.45, 2.75) is 69.2 Å². The molecule has 13 heteroatoms. The lowest BCUT2D eigenvalue weighted by atomic mass is 9.94. The van der Waals surface area contributed by atoms with Gasteiger partial charge in [-0.1, -0.05) is 24.3 Å². The minimum absolute atomic E-state index is 0.00340. The molecule has 3 aliphatic heterocycles. The van der Waals surface area contributed by atoms with Crippen molar-refractivity contribution in [2.24, 2.45) is 0 Å². The predicted octanol–water partition coefficient (Wildman–Crippen LogP) is 5.60. The van der Waals surface area contributed by atoms with Crippen LogP contribution in [0.15, 0.2) is 41.3 Å². The summed E-state index contributed by atoms with van der Waals surface area (Å²) in [6.45, 7) is 4.52. The molecule has 7 rings (SSSR count). The second kappa shape index (κ2) is 13.0. The van der Waals surface area contributed by atoms with E-state index in [1.54, 1.807) is 24.3 Å². The van der Waals surface area contributed by atoms with E-state index in [0.717, 1.165) is 38.8 Å². The third kappa shape index (κ3) is 6.21. The zero-order valence-corrected chi connectivity index (χ0v) is 26.8. The summed E-state index contributed by atoms with van der Waals surface area (Å²) < 4.78 is 62.7. The summed E-state index contributed by atoms with van der Waals surface area (Å²) in [6, 6.07) is 7.94. The highest BCUT2D eigenvalue weighted by Crippen LogP contribution is 2.40. The van der Waals surface area contributed by atoms with Crippen LogP contribution < -0.4 is 15.6 Å². The number of fused-ring (bicyclic) bond motifs is 3. The van der Waals surface area contributed by atoms with Crippen LogP contribution in [0.5, 0.6) is 6.01 Å². The molecule has 2 aromatic carbocycles. The number of rotatable bonds is 9. The van der Waals surface area contributed by atoms with Gasteiger partial charge in [0.1, 0.15) is 35.4 Å². The fourth-order valence-electron chi connectivity index (χ4n) is 7.58. The summed E-state index contributed by atoms with van der Waals surface area (Å²) in [4.78, 5) is 38.5. The Morgan fingerprint density at radius 3 is 2.88 bits per heavy atom. The molecule has 3 atom stereocenters. The van der Waals surface area contributed by atoms with Gasteiger partial charge in [0.25, 0.3) is 11.6 Å². The van der Waals surface area contributed by atoms with E-state index in [-0.39, 0.29) is 42.2 Å². The highest BCUT2D eigenvalue weighted by Gasteiger charge is 2.49. The maximum Gasteiger partial charge on any atom is 0.508 e. The molecule has 0 saturated carbocycles. The van der Waals surface area contributed by atoms with Gasteiger partial charge in [0, 0.05) is 31.3 Å². The van der Waals surface area contributed by atoms with E-state index in [1.165, 1.54) is 12.3 Å². The van der Waals surface area contributed by atoms with Gasteiger partial charge in [-0.3, -0.25) is 19.7 Å². The van der Waals surface area contributed by atoms with Crippen molar-refractivity contribution in [3.63, 3.8) is 0 Å². The highest BCUT2D eigenvalue weighted by atomic mass is 19.1. The molecule has 254 valence electrons. The Morgan fingerprint density at radius 1 is 1.17 bits per heavy atom. The SMILES string of the molecule is C[C@@]1(OC(=O)OCCCc2c(F)ccc3cccc(-c4ncc5c(=O)[nH]c(OC[C@@]67CCCN6C[C@H](F)C7)nc5c4F)c23)CCCNC1. The Bertz CT molecular complexity index is 1920. The normalized spacial score (nSPS) is 24.2. The Balaban J connectivity index is 1.14. The van der Waals surface area contributed by atoms with Crippen LogP contribution in [-0.2, 0) is 15.9 Å². The number of carbonyl (C=O) groups is 1. The van der Waals surface area contributed by atoms with Crippen LogP contribution in [0.4, 0.5) is 18.0 Å². The van der Waals surface area contributed by atoms with Gasteiger partial charge in [-0.2, -0.15) is 4.98 Å². The summed E-state index contributed by atoms with van der Waals surface area (Å²) in [5.41, 5.74) is -1.44. The summed E-state index contributed by atoms with van der Waals surface area (Å²) in [5.74, 6) is -1.35. The number of alkyl halides is 1. The van der Waals surface area contributed by atoms with Gasteiger partial charge in [-0.05, 0) is 80.9 Å². The molecule has 2 aromatic heterocycles. The summed E-state index contributed by atoms with van der Waals surface area (Å²) >= 11 is 0. The standard InChI is InChI=1S/C35H38F3N5O5/c1-34(11-4-13-39-19-34)48-33(45)46-15-3-8-23-26(37)10-9-21-6-2-7-24(27(21)23)29-28(38)30-25(17-40-29)31(44)42-32(41-30)47-20-35-12-5-14-43(35)18-22(36)16-35/h2,6-7,9-10,17,22,39H,3-5,8,11-16,18-20H2,1H3,(H,41,42,44)/t22-,34-,35+/m1/s1. The first-order valence-corrected chi connectivity index (χ1v) is 16.5. The minimum atomic E-state index is -0.948. The molecule has 2 N–H and O–H groups in total. The first kappa shape index (κ1) is 32.3. The number of hydrogen-bond donors (Lipinski definition) is 2. The largest absolute Gasteiger partial charge is 0.508 e. The van der Waals surface area contributed by atoms with Crippen LogP contribution in [0.2, 0.25) is 0 Å². The van der Waals surface area contributed by atoms with E-state index in [4.69, 9.17) is 14.2 Å². The van der Waals surface area contributed by atoms with Crippen LogP contribution in [0.25, 0.3) is 32.9 Å². The molecule has 3 saturated heterocycles. The van der Waals surface area contributed by atoms with Gasteiger partial charge in [0.2, 0.25) is 0 Å². The number of pyridine rings is 1. The molecule has 0 amide bonds. The van der Waals surface area contributed by atoms with Crippen molar-refractivity contribution in [1.82, 2.24) is 25.2 Å². The first-order chi connectivity index (χ1) is 23.1. The molecule has 5 heterocycles. The molecule has 0 spiro atoms. The second-order valence-electron chi connectivity index (χ2n) is 13.4. The zero-order valence-electron chi connectivity index (χ0n) is 26.8. The van der Waals surface area contributed by atoms with Crippen LogP contribution in [0, 0.1) is 11.6 Å². The lowest BCUT2D eigenvalue weighted by molar-refractivity contribution is -0.0370. The Hall–Kier alpha value is -4.23. The number of piperidine rings is 1. The fourth-order valence-corrected chi connectivity index (χ4v) is 7.58. The zero-order chi connectivity index (χ0) is 33.5. The number of halogens is 3. The summed E-state index contributed by atoms with van der Waals surface area (Å²) in [5, 5.41) is 4.26. The topological polar surface area (TPSA) is 119 Å². The molecule has 3 aliphatic rings. The number of ether oxygens (including phenoxy) is 3. The lowest BCUT2D eigenvalue weighted by Gasteiger charge is -2.33. The maximum atomic E-state index is 16.3. The van der Waals surface area contributed by atoms with Crippen LogP contribution in [0.3, 0.4) is 0 Å². The number of benzene rings is 2. The smallest absolute Gasteiger partial charge is 0.463 e. The van der Waals surface area contributed by atoms with Crippen molar-refractivity contribution in [3.05, 3.63) is 64.1 Å². The Kier molecular flexibility index (Phi) is 8.75. The molecule has 0 bridgehead atoms. The molecule has 0 radical (unpaired) electrons. The number of nitrogens with zero attached hydrogens (tertiary/aromatic N) is 3. The van der Waals surface area contributed by atoms with E-state index in [0.29, 0.717) is 47.8 Å². The number of aromatic nitrogens is 3. The van der Waals surface area contributed by atoms with Crippen molar-refractivity contribution < 1.29 is 32.2 Å². The summed E-state index contributed by atoms with van der Waals surface area (Å²) in [7, 11) is 0. The maximum absolute atomic E-state index is 16.3. The average molecular weight is 666 g/mol. The van der Waals surface area contributed by atoms with Gasteiger partial charge in [0.15, 0.2) is 5.82 Å². The Labute approximate surface area is 275 Å². The molecule has 10 nitrogen and oxygen atoms in total. The third-order valence-corrected chi connectivity index (χ3v) is 9.94. The number of aryl methyl sites for hydroxylation is 1. The number of H-pyrrole nitrogens is 1. The van der Waals surface area contributed by atoms with Crippen molar-refractivity contribution in [2.75, 3.05) is 39.4 Å². The molecule has 3 fully saturated rings. The molecular weight excluding hydrogens is 627 g/mol. The fraction of sp³-hybridized carbons (Fsp3) is 0.486. The average Bonchev–Trinajstić information content (AvgIpc) is 3.59. The third-order valence-electron chi connectivity index (χ3n) is 9.94. The predicted molar refractivity (Wildman–Crippen MR) is 173 cm³/mol. The van der Waals surface area contributed by atoms with E-state index >= 15 is 8.78 Å². The monoisotopic (exact) mass is 665 g/mol. The molecule has 0 aliphatic carbocycles. The highest BCUT2D eigenvalue weighted by molar-refractivity contribution is 5.99. The summed E-state index contributed by atoms with van der Waals surface area (Å²) in [6.07, 6.45) is 3.65. The van der Waals surface area contributed by atoms with E-state index in [1.807, 2.05) is 6.92 Å². The van der Waals surface area contributed by atoms with Crippen LogP contribution >= 0.6 is 0 Å². The Morgan fingerprint density at radius 2 is 2.04 bits per heavy atom. The van der Waals surface area contributed by atoms with Crippen molar-refractivity contribution >= 4 is 27.8 Å². The van der Waals surface area contributed by atoms with Crippen molar-refractivity contribution in [1.29, 1.82) is 0 Å². The van der Waals surface area contributed by atoms with Gasteiger partial charge in [-0.25, -0.2) is 18.0 Å². The van der Waals surface area contributed by atoms with Crippen LogP contribution in [-0.4, -0.2) is 82.7 Å². The number of carbonyl (C=O) groups excluding carboxylic acids is 1. The van der Waals surface area contributed by atoms with E-state index in [2.05, 4.69) is 25.2 Å². The quantitative estimate of drug-likeness (QED) is 0.174. The minimum Gasteiger partial charge on any atom is -0.463 e. The van der Waals surface area contributed by atoms with Gasteiger partial charge in [-0.15, -0.1) is 0 Å². The number of nitrogens with one attached hydrogen (secondary N) is 2. The van der Waals surface area contributed by atoms with Gasteiger partial charge in [0.05, 0.1) is 17.5 Å². The molecular formula is C35H38F3N5O5. The number of aromatic amines is 1. The lowest BCUT2D eigenvalue weighted by Crippen LogP contribution is -2.46. The first-order valence-electron chi connectivity index (χ1n) is 16.5. The van der Waals surface area contributed by atoms with Gasteiger partial charge >= 0.3 is 6.16 Å². The van der Waals surface area contributed by atoms with Crippen LogP contribution in [0.1, 0.15) is 51.0 Å². The molecule has 0 unspecified atom stereocenters. The van der Waals surface area contributed by atoms with Crippen molar-refractivity contribution in [3.8, 4) is 17.3 Å². The molecule has 48 heavy (non-hydrogen) atoms.